The quantitative estimate of drug-likeness (QED) is 0.850. The minimum atomic E-state index is -0.929. The summed E-state index contributed by atoms with van der Waals surface area (Å²) in [5.74, 6) is -0.929. The van der Waals surface area contributed by atoms with Gasteiger partial charge in [-0.05, 0) is 6.92 Å². The van der Waals surface area contributed by atoms with Gasteiger partial charge in [0.2, 0.25) is 0 Å². The number of halogens is 2. The maximum Gasteiger partial charge on any atom is 0.325 e. The van der Waals surface area contributed by atoms with E-state index in [9.17, 15) is 4.79 Å². The zero-order valence-electron chi connectivity index (χ0n) is 6.92. The Morgan fingerprint density at radius 1 is 1.77 bits per heavy atom. The molecular weight excluding hydrogens is 259 g/mol. The van der Waals surface area contributed by atoms with Gasteiger partial charge in [-0.15, -0.1) is 0 Å². The van der Waals surface area contributed by atoms with Crippen LogP contribution in [0.1, 0.15) is 11.4 Å². The summed E-state index contributed by atoms with van der Waals surface area (Å²) in [6.45, 7) is 1.58. The third-order valence-corrected chi connectivity index (χ3v) is 2.59. The standard InChI is InChI=1S/C7H8BrClN2O2/c1-4-7(9)5(2-8)11(10-4)3-6(12)13/h2-3H2,1H3,(H,12,13). The summed E-state index contributed by atoms with van der Waals surface area (Å²) in [7, 11) is 0. The van der Waals surface area contributed by atoms with Gasteiger partial charge in [0.25, 0.3) is 0 Å². The van der Waals surface area contributed by atoms with Crippen LogP contribution in [0.15, 0.2) is 0 Å². The van der Waals surface area contributed by atoms with Crippen LogP contribution in [0.25, 0.3) is 0 Å². The van der Waals surface area contributed by atoms with Crippen LogP contribution in [0.3, 0.4) is 0 Å². The minimum Gasteiger partial charge on any atom is -0.480 e. The summed E-state index contributed by atoms with van der Waals surface area (Å²) in [5, 5.41) is 13.6. The van der Waals surface area contributed by atoms with Crippen LogP contribution in [0.2, 0.25) is 5.02 Å². The van der Waals surface area contributed by atoms with E-state index < -0.39 is 5.97 Å². The van der Waals surface area contributed by atoms with Crippen molar-refractivity contribution in [2.45, 2.75) is 18.8 Å². The lowest BCUT2D eigenvalue weighted by atomic mass is 10.4. The first-order valence-electron chi connectivity index (χ1n) is 3.55. The highest BCUT2D eigenvalue weighted by molar-refractivity contribution is 9.08. The molecule has 0 fully saturated rings. The van der Waals surface area contributed by atoms with Crippen molar-refractivity contribution in [3.05, 3.63) is 16.4 Å². The Balaban J connectivity index is 3.06. The monoisotopic (exact) mass is 266 g/mol. The number of rotatable bonds is 3. The molecule has 72 valence electrons. The van der Waals surface area contributed by atoms with Gasteiger partial charge in [-0.25, -0.2) is 0 Å². The molecule has 0 unspecified atom stereocenters. The van der Waals surface area contributed by atoms with E-state index in [1.807, 2.05) is 0 Å². The maximum absolute atomic E-state index is 10.4. The van der Waals surface area contributed by atoms with Crippen molar-refractivity contribution in [1.82, 2.24) is 9.78 Å². The lowest BCUT2D eigenvalue weighted by Crippen LogP contribution is -2.12. The van der Waals surface area contributed by atoms with Crippen LogP contribution in [0, 0.1) is 6.92 Å². The number of aliphatic carboxylic acids is 1. The second-order valence-corrected chi connectivity index (χ2v) is 3.47. The van der Waals surface area contributed by atoms with Crippen molar-refractivity contribution < 1.29 is 9.90 Å². The third kappa shape index (κ3) is 2.22. The second-order valence-electron chi connectivity index (χ2n) is 2.53. The van der Waals surface area contributed by atoms with E-state index in [0.29, 0.717) is 21.7 Å². The fraction of sp³-hybridized carbons (Fsp3) is 0.429. The topological polar surface area (TPSA) is 55.1 Å². The molecule has 0 radical (unpaired) electrons. The number of carboxylic acids is 1. The normalized spacial score (nSPS) is 10.4. The molecule has 4 nitrogen and oxygen atoms in total. The van der Waals surface area contributed by atoms with Crippen molar-refractivity contribution in [2.24, 2.45) is 0 Å². The van der Waals surface area contributed by atoms with E-state index >= 15 is 0 Å². The van der Waals surface area contributed by atoms with Gasteiger partial charge in [0.05, 0.1) is 16.4 Å². The molecule has 0 aliphatic carbocycles. The number of aromatic nitrogens is 2. The van der Waals surface area contributed by atoms with Crippen LogP contribution in [-0.2, 0) is 16.7 Å². The zero-order chi connectivity index (χ0) is 10.0. The van der Waals surface area contributed by atoms with Crippen LogP contribution in [0.4, 0.5) is 0 Å². The molecule has 0 aliphatic heterocycles. The highest BCUT2D eigenvalue weighted by Gasteiger charge is 2.13. The van der Waals surface area contributed by atoms with Crippen molar-refractivity contribution in [2.75, 3.05) is 0 Å². The molecule has 1 rings (SSSR count). The fourth-order valence-electron chi connectivity index (χ4n) is 0.994. The van der Waals surface area contributed by atoms with Gasteiger partial charge in [-0.3, -0.25) is 9.48 Å². The molecule has 0 aliphatic rings. The Labute approximate surface area is 88.6 Å². The number of alkyl halides is 1. The first-order valence-corrected chi connectivity index (χ1v) is 5.05. The van der Waals surface area contributed by atoms with Gasteiger partial charge < -0.3 is 5.11 Å². The Bertz CT molecular complexity index is 337. The van der Waals surface area contributed by atoms with Gasteiger partial charge in [-0.1, -0.05) is 27.5 Å². The van der Waals surface area contributed by atoms with Gasteiger partial charge in [0.15, 0.2) is 0 Å². The summed E-state index contributed by atoms with van der Waals surface area (Å²) in [6.07, 6.45) is 0. The Hall–Kier alpha value is -0.550. The SMILES string of the molecule is Cc1nn(CC(=O)O)c(CBr)c1Cl. The summed E-state index contributed by atoms with van der Waals surface area (Å²) < 4.78 is 1.38. The molecule has 1 aromatic rings. The molecular formula is C7H8BrClN2O2. The summed E-state index contributed by atoms with van der Waals surface area (Å²) >= 11 is 9.12. The Morgan fingerprint density at radius 3 is 2.85 bits per heavy atom. The number of carboxylic acid groups (broad SMARTS) is 1. The van der Waals surface area contributed by atoms with Gasteiger partial charge in [0, 0.05) is 5.33 Å². The molecule has 0 aromatic carbocycles. The van der Waals surface area contributed by atoms with Crippen LogP contribution < -0.4 is 0 Å². The third-order valence-electron chi connectivity index (χ3n) is 1.56. The van der Waals surface area contributed by atoms with E-state index in [0.717, 1.165) is 0 Å². The molecule has 13 heavy (non-hydrogen) atoms. The lowest BCUT2D eigenvalue weighted by molar-refractivity contribution is -0.137. The zero-order valence-corrected chi connectivity index (χ0v) is 9.26. The van der Waals surface area contributed by atoms with Crippen molar-refractivity contribution >= 4 is 33.5 Å². The van der Waals surface area contributed by atoms with Crippen LogP contribution in [0.5, 0.6) is 0 Å². The smallest absolute Gasteiger partial charge is 0.325 e. The first kappa shape index (κ1) is 10.5. The summed E-state index contributed by atoms with van der Waals surface area (Å²) in [6, 6.07) is 0. The molecule has 0 bridgehead atoms. The molecule has 6 heteroatoms. The largest absolute Gasteiger partial charge is 0.480 e. The van der Waals surface area contributed by atoms with E-state index in [2.05, 4.69) is 21.0 Å². The molecule has 0 saturated heterocycles. The highest BCUT2D eigenvalue weighted by Crippen LogP contribution is 2.22. The predicted molar refractivity (Wildman–Crippen MR) is 52.2 cm³/mol. The highest BCUT2D eigenvalue weighted by atomic mass is 79.9. The molecule has 0 atom stereocenters. The number of aryl methyl sites for hydroxylation is 1. The first-order chi connectivity index (χ1) is 6.06. The van der Waals surface area contributed by atoms with Crippen LogP contribution >= 0.6 is 27.5 Å². The summed E-state index contributed by atoms with van der Waals surface area (Å²) in [5.41, 5.74) is 1.35. The predicted octanol–water partition coefficient (Wildman–Crippen LogP) is 1.82. The molecule has 1 aromatic heterocycles. The van der Waals surface area contributed by atoms with Crippen LogP contribution in [-0.4, -0.2) is 20.9 Å². The fourth-order valence-corrected chi connectivity index (χ4v) is 1.93. The van der Waals surface area contributed by atoms with E-state index in [1.54, 1.807) is 6.92 Å². The average Bonchev–Trinajstić information content (AvgIpc) is 2.27. The molecule has 0 amide bonds. The number of hydrogen-bond acceptors (Lipinski definition) is 2. The van der Waals surface area contributed by atoms with Crippen molar-refractivity contribution in [3.8, 4) is 0 Å². The van der Waals surface area contributed by atoms with E-state index in [1.165, 1.54) is 4.68 Å². The second kappa shape index (κ2) is 4.11. The van der Waals surface area contributed by atoms with E-state index in [-0.39, 0.29) is 6.54 Å². The Morgan fingerprint density at radius 2 is 2.38 bits per heavy atom. The Kier molecular flexibility index (Phi) is 3.33. The molecule has 0 spiro atoms. The van der Waals surface area contributed by atoms with Gasteiger partial charge >= 0.3 is 5.97 Å². The molecule has 0 saturated carbocycles. The average molecular weight is 268 g/mol. The van der Waals surface area contributed by atoms with Crippen molar-refractivity contribution in [3.63, 3.8) is 0 Å². The lowest BCUT2D eigenvalue weighted by Gasteiger charge is -2.00. The number of carbonyl (C=O) groups is 1. The van der Waals surface area contributed by atoms with Gasteiger partial charge in [-0.2, -0.15) is 5.10 Å². The molecule has 1 N–H and O–H groups in total. The minimum absolute atomic E-state index is 0.158. The van der Waals surface area contributed by atoms with Gasteiger partial charge in [0.1, 0.15) is 6.54 Å². The molecule has 1 heterocycles. The van der Waals surface area contributed by atoms with E-state index in [4.69, 9.17) is 16.7 Å². The van der Waals surface area contributed by atoms with Crippen molar-refractivity contribution in [1.29, 1.82) is 0 Å². The summed E-state index contributed by atoms with van der Waals surface area (Å²) in [4.78, 5) is 10.4. The number of nitrogens with zero attached hydrogens (tertiary/aromatic N) is 2. The number of hydrogen-bond donors (Lipinski definition) is 1. The maximum atomic E-state index is 10.4.